The number of aliphatic hydroxyl groups excluding tert-OH is 1. The summed E-state index contributed by atoms with van der Waals surface area (Å²) >= 11 is 5.81. The van der Waals surface area contributed by atoms with E-state index in [2.05, 4.69) is 19.6 Å². The number of halogens is 4. The maximum Gasteiger partial charge on any atom is 0.573 e. The third-order valence-corrected chi connectivity index (χ3v) is 3.24. The second kappa shape index (κ2) is 9.61. The molecule has 0 aliphatic heterocycles. The minimum Gasteiger partial charge on any atom is -0.434 e. The van der Waals surface area contributed by atoms with E-state index in [0.717, 1.165) is 22.9 Å². The van der Waals surface area contributed by atoms with E-state index in [1.54, 1.807) is 0 Å². The molecule has 0 fully saturated rings. The minimum atomic E-state index is -4.87. The molecule has 158 valence electrons. The van der Waals surface area contributed by atoms with Gasteiger partial charge in [-0.3, -0.25) is 0 Å². The molecule has 2 rings (SSSR count). The number of rotatable bonds is 7. The topological polar surface area (TPSA) is 95.7 Å². The Morgan fingerprint density at radius 3 is 2.72 bits per heavy atom. The molecule has 1 heterocycles. The summed E-state index contributed by atoms with van der Waals surface area (Å²) in [5, 5.41) is 13.6. The first-order chi connectivity index (χ1) is 13.5. The zero-order valence-electron chi connectivity index (χ0n) is 15.3. The van der Waals surface area contributed by atoms with Gasteiger partial charge in [-0.25, -0.2) is 14.5 Å². The predicted molar refractivity (Wildman–Crippen MR) is 95.8 cm³/mol. The van der Waals surface area contributed by atoms with Crippen molar-refractivity contribution in [2.24, 2.45) is 5.92 Å². The van der Waals surface area contributed by atoms with E-state index in [4.69, 9.17) is 16.3 Å². The molecule has 8 nitrogen and oxygen atoms in total. The van der Waals surface area contributed by atoms with E-state index in [1.165, 1.54) is 18.6 Å². The highest BCUT2D eigenvalue weighted by Gasteiger charge is 2.31. The highest BCUT2D eigenvalue weighted by molar-refractivity contribution is 6.31. The smallest absolute Gasteiger partial charge is 0.434 e. The van der Waals surface area contributed by atoms with Crippen LogP contribution >= 0.6 is 11.6 Å². The van der Waals surface area contributed by atoms with Crippen molar-refractivity contribution in [1.29, 1.82) is 0 Å². The molecule has 0 radical (unpaired) electrons. The SMILES string of the molecule is CC(C)COC(=O)OC(O)C=Cn1cnc(-c2cc(Cl)cc(OC(F)(F)F)c2)n1. The Morgan fingerprint density at radius 2 is 2.07 bits per heavy atom. The van der Waals surface area contributed by atoms with Crippen LogP contribution in [0.25, 0.3) is 17.6 Å². The molecule has 1 aromatic carbocycles. The molecule has 0 saturated carbocycles. The van der Waals surface area contributed by atoms with Gasteiger partial charge in [-0.2, -0.15) is 0 Å². The minimum absolute atomic E-state index is 0.00243. The first-order valence-corrected chi connectivity index (χ1v) is 8.57. The Labute approximate surface area is 168 Å². The molecule has 0 spiro atoms. The predicted octanol–water partition coefficient (Wildman–Crippen LogP) is 4.10. The Kier molecular flexibility index (Phi) is 7.46. The lowest BCUT2D eigenvalue weighted by atomic mass is 10.2. The number of aliphatic hydroxyl groups is 1. The molecule has 12 heteroatoms. The van der Waals surface area contributed by atoms with Crippen LogP contribution in [0.4, 0.5) is 18.0 Å². The van der Waals surface area contributed by atoms with E-state index < -0.39 is 24.6 Å². The summed E-state index contributed by atoms with van der Waals surface area (Å²) in [6.45, 7) is 3.81. The van der Waals surface area contributed by atoms with Crippen LogP contribution in [0.1, 0.15) is 13.8 Å². The monoisotopic (exact) mass is 435 g/mol. The van der Waals surface area contributed by atoms with Crippen LogP contribution < -0.4 is 4.74 Å². The van der Waals surface area contributed by atoms with Gasteiger partial charge < -0.3 is 19.3 Å². The number of ether oxygens (including phenoxy) is 3. The molecule has 1 atom stereocenters. The lowest BCUT2D eigenvalue weighted by Gasteiger charge is -2.10. The molecule has 0 aliphatic carbocycles. The van der Waals surface area contributed by atoms with Gasteiger partial charge >= 0.3 is 12.5 Å². The van der Waals surface area contributed by atoms with Gasteiger partial charge in [0.05, 0.1) is 6.61 Å². The number of aromatic nitrogens is 3. The molecule has 1 unspecified atom stereocenters. The largest absolute Gasteiger partial charge is 0.573 e. The molecule has 1 N–H and O–H groups in total. The molecule has 29 heavy (non-hydrogen) atoms. The molecule has 0 bridgehead atoms. The highest BCUT2D eigenvalue weighted by atomic mass is 35.5. The Morgan fingerprint density at radius 1 is 1.34 bits per heavy atom. The molecule has 2 aromatic rings. The van der Waals surface area contributed by atoms with Gasteiger partial charge in [-0.05, 0) is 24.1 Å². The number of carbonyl (C=O) groups is 1. The summed E-state index contributed by atoms with van der Waals surface area (Å²) in [5.74, 6) is -0.358. The van der Waals surface area contributed by atoms with Crippen molar-refractivity contribution in [3.63, 3.8) is 0 Å². The van der Waals surface area contributed by atoms with E-state index >= 15 is 0 Å². The second-order valence-electron chi connectivity index (χ2n) is 6.08. The molecular weight excluding hydrogens is 419 g/mol. The van der Waals surface area contributed by atoms with Crippen LogP contribution in [0.2, 0.25) is 5.02 Å². The maximum atomic E-state index is 12.4. The van der Waals surface area contributed by atoms with Crippen molar-refractivity contribution in [3.05, 3.63) is 35.6 Å². The van der Waals surface area contributed by atoms with Crippen LogP contribution in [0.15, 0.2) is 30.6 Å². The highest BCUT2D eigenvalue weighted by Crippen LogP contribution is 2.30. The molecule has 0 amide bonds. The normalized spacial score (nSPS) is 13.0. The van der Waals surface area contributed by atoms with E-state index in [-0.39, 0.29) is 28.9 Å². The van der Waals surface area contributed by atoms with Gasteiger partial charge in [0.2, 0.25) is 6.29 Å². The number of nitrogens with zero attached hydrogens (tertiary/aromatic N) is 3. The number of hydrogen-bond donors (Lipinski definition) is 1. The summed E-state index contributed by atoms with van der Waals surface area (Å²) in [6.07, 6.45) is -3.96. The summed E-state index contributed by atoms with van der Waals surface area (Å²) in [7, 11) is 0. The van der Waals surface area contributed by atoms with Gasteiger partial charge in [-0.15, -0.1) is 18.3 Å². The van der Waals surface area contributed by atoms with Crippen molar-refractivity contribution in [3.8, 4) is 17.1 Å². The Bertz CT molecular complexity index is 870. The first kappa shape index (κ1) is 22.5. The van der Waals surface area contributed by atoms with Gasteiger partial charge in [0.15, 0.2) is 5.82 Å². The Balaban J connectivity index is 2.03. The maximum absolute atomic E-state index is 12.4. The fourth-order valence-electron chi connectivity index (χ4n) is 1.93. The average molecular weight is 436 g/mol. The number of benzene rings is 1. The zero-order chi connectivity index (χ0) is 21.6. The fraction of sp³-hybridized carbons (Fsp3) is 0.353. The molecular formula is C17H17ClF3N3O5. The van der Waals surface area contributed by atoms with Crippen molar-refractivity contribution in [1.82, 2.24) is 14.8 Å². The summed E-state index contributed by atoms with van der Waals surface area (Å²) < 4.78 is 51.5. The van der Waals surface area contributed by atoms with Crippen molar-refractivity contribution in [2.45, 2.75) is 26.5 Å². The second-order valence-corrected chi connectivity index (χ2v) is 6.51. The molecule has 1 aromatic heterocycles. The summed E-state index contributed by atoms with van der Waals surface area (Å²) in [4.78, 5) is 15.3. The third kappa shape index (κ3) is 8.00. The quantitative estimate of drug-likeness (QED) is 0.516. The van der Waals surface area contributed by atoms with E-state index in [0.29, 0.717) is 0 Å². The number of carbonyl (C=O) groups excluding carboxylic acids is 1. The zero-order valence-corrected chi connectivity index (χ0v) is 16.0. The van der Waals surface area contributed by atoms with Gasteiger partial charge in [0, 0.05) is 22.9 Å². The first-order valence-electron chi connectivity index (χ1n) is 8.19. The lowest BCUT2D eigenvalue weighted by Crippen LogP contribution is -2.18. The van der Waals surface area contributed by atoms with Crippen LogP contribution in [0, 0.1) is 5.92 Å². The van der Waals surface area contributed by atoms with Gasteiger partial charge in [-0.1, -0.05) is 25.4 Å². The summed E-state index contributed by atoms with van der Waals surface area (Å²) in [6, 6.07) is 3.43. The van der Waals surface area contributed by atoms with Crippen molar-refractivity contribution in [2.75, 3.05) is 6.61 Å². The fourth-order valence-corrected chi connectivity index (χ4v) is 2.16. The van der Waals surface area contributed by atoms with Gasteiger partial charge in [0.1, 0.15) is 12.1 Å². The molecule has 0 saturated heterocycles. The van der Waals surface area contributed by atoms with Gasteiger partial charge in [0.25, 0.3) is 0 Å². The van der Waals surface area contributed by atoms with Crippen molar-refractivity contribution >= 4 is 24.0 Å². The molecule has 0 aliphatic rings. The lowest BCUT2D eigenvalue weighted by molar-refractivity contribution is -0.274. The van der Waals surface area contributed by atoms with Crippen LogP contribution in [-0.2, 0) is 9.47 Å². The van der Waals surface area contributed by atoms with Crippen LogP contribution in [0.5, 0.6) is 5.75 Å². The van der Waals surface area contributed by atoms with E-state index in [9.17, 15) is 23.1 Å². The summed E-state index contributed by atoms with van der Waals surface area (Å²) in [5.41, 5.74) is 0.179. The third-order valence-electron chi connectivity index (χ3n) is 3.03. The number of alkyl halides is 3. The number of hydrogen-bond acceptors (Lipinski definition) is 7. The standard InChI is InChI=1S/C17H17ClF3N3O5/c1-10(2)8-27-16(26)28-14(25)3-4-24-9-22-15(23-24)11-5-12(18)7-13(6-11)29-17(19,20)21/h3-7,9-10,14,25H,8H2,1-2H3. The average Bonchev–Trinajstić information content (AvgIpc) is 3.05. The van der Waals surface area contributed by atoms with Crippen molar-refractivity contribution < 1.29 is 37.3 Å². The van der Waals surface area contributed by atoms with Crippen LogP contribution in [0.3, 0.4) is 0 Å². The Hall–Kier alpha value is -2.79. The van der Waals surface area contributed by atoms with Crippen LogP contribution in [-0.4, -0.2) is 45.3 Å². The van der Waals surface area contributed by atoms with E-state index in [1.807, 2.05) is 13.8 Å².